The van der Waals surface area contributed by atoms with Gasteiger partial charge in [0.2, 0.25) is 0 Å². The minimum absolute atomic E-state index is 0.239. The van der Waals surface area contributed by atoms with Crippen LogP contribution in [0.1, 0.15) is 26.3 Å². The second-order valence-electron chi connectivity index (χ2n) is 9.10. The summed E-state index contributed by atoms with van der Waals surface area (Å²) in [7, 11) is 1.62. The van der Waals surface area contributed by atoms with Gasteiger partial charge in [-0.2, -0.15) is 0 Å². The first-order chi connectivity index (χ1) is 16.2. The van der Waals surface area contributed by atoms with Gasteiger partial charge >= 0.3 is 6.09 Å². The third kappa shape index (κ3) is 4.97. The Morgan fingerprint density at radius 1 is 1.12 bits per heavy atom. The zero-order valence-corrected chi connectivity index (χ0v) is 21.2. The summed E-state index contributed by atoms with van der Waals surface area (Å²) in [6.07, 6.45) is -0.634. The van der Waals surface area contributed by atoms with E-state index >= 15 is 0 Å². The van der Waals surface area contributed by atoms with Crippen molar-refractivity contribution >= 4 is 50.1 Å². The van der Waals surface area contributed by atoms with E-state index in [0.29, 0.717) is 5.75 Å². The number of ether oxygens (including phenoxy) is 2. The minimum atomic E-state index is -0.810. The molecule has 3 aromatic carbocycles. The molecule has 1 atom stereocenters. The van der Waals surface area contributed by atoms with Crippen LogP contribution in [0.4, 0.5) is 16.2 Å². The number of carbonyl (C=O) groups excluding carboxylic acids is 2. The second-order valence-corrected chi connectivity index (χ2v) is 9.96. The van der Waals surface area contributed by atoms with Crippen LogP contribution in [0.2, 0.25) is 0 Å². The van der Waals surface area contributed by atoms with Gasteiger partial charge in [0, 0.05) is 16.6 Å². The highest BCUT2D eigenvalue weighted by molar-refractivity contribution is 9.10. The molecular formula is C26H28BrN3O4. The molecule has 7 nitrogen and oxygen atoms in total. The number of benzene rings is 3. The molecule has 3 aromatic rings. The molecule has 0 aliphatic carbocycles. The molecule has 0 saturated heterocycles. The second kappa shape index (κ2) is 9.54. The molecule has 178 valence electrons. The molecule has 0 aromatic heterocycles. The summed E-state index contributed by atoms with van der Waals surface area (Å²) in [6, 6.07) is 16.7. The first-order valence-corrected chi connectivity index (χ1v) is 11.8. The Morgan fingerprint density at radius 2 is 1.88 bits per heavy atom. The summed E-state index contributed by atoms with van der Waals surface area (Å²) in [5, 5.41) is 8.03. The summed E-state index contributed by atoms with van der Waals surface area (Å²) in [5.74, 6) is 0.446. The summed E-state index contributed by atoms with van der Waals surface area (Å²) in [6.45, 7) is 5.86. The van der Waals surface area contributed by atoms with Crippen molar-refractivity contribution in [2.24, 2.45) is 0 Å². The first kappa shape index (κ1) is 23.9. The highest BCUT2D eigenvalue weighted by atomic mass is 79.9. The van der Waals surface area contributed by atoms with Crippen LogP contribution in [0.5, 0.6) is 5.75 Å². The molecule has 1 unspecified atom stereocenters. The molecule has 0 fully saturated rings. The number of halogens is 1. The monoisotopic (exact) mass is 525 g/mol. The lowest BCUT2D eigenvalue weighted by molar-refractivity contribution is -0.120. The molecule has 1 aliphatic heterocycles. The van der Waals surface area contributed by atoms with E-state index in [2.05, 4.69) is 26.6 Å². The lowest BCUT2D eigenvalue weighted by Gasteiger charge is -2.28. The standard InChI is InChI=1S/C26H28BrN3O4/c1-26(2,3)34-25(32)29-21-14-28-20-10-5-6-11-22(20)30(24(21)31)15-18-16-8-7-9-19(27)17(16)12-13-23(18)33-4/h5-13,21,28H,14-15H2,1-4H3,(H,29,32). The van der Waals surface area contributed by atoms with E-state index < -0.39 is 17.7 Å². The lowest BCUT2D eigenvalue weighted by Crippen LogP contribution is -2.51. The van der Waals surface area contributed by atoms with Gasteiger partial charge in [-0.3, -0.25) is 4.79 Å². The van der Waals surface area contributed by atoms with Crippen LogP contribution in [0.3, 0.4) is 0 Å². The maximum Gasteiger partial charge on any atom is 0.408 e. The zero-order chi connectivity index (χ0) is 24.5. The number of hydrogen-bond acceptors (Lipinski definition) is 5. The highest BCUT2D eigenvalue weighted by Gasteiger charge is 2.33. The van der Waals surface area contributed by atoms with Gasteiger partial charge in [-0.1, -0.05) is 40.2 Å². The lowest BCUT2D eigenvalue weighted by atomic mass is 10.0. The number of anilines is 2. The van der Waals surface area contributed by atoms with Gasteiger partial charge in [0.1, 0.15) is 17.4 Å². The topological polar surface area (TPSA) is 79.9 Å². The Bertz CT molecular complexity index is 1240. The molecule has 4 rings (SSSR count). The van der Waals surface area contributed by atoms with Gasteiger partial charge in [-0.15, -0.1) is 0 Å². The van der Waals surface area contributed by atoms with Gasteiger partial charge in [-0.25, -0.2) is 4.79 Å². The fraction of sp³-hybridized carbons (Fsp3) is 0.308. The third-order valence-electron chi connectivity index (χ3n) is 5.56. The van der Waals surface area contributed by atoms with E-state index in [1.165, 1.54) is 0 Å². The van der Waals surface area contributed by atoms with Crippen molar-refractivity contribution in [2.75, 3.05) is 23.9 Å². The summed E-state index contributed by atoms with van der Waals surface area (Å²) in [4.78, 5) is 28.0. The average molecular weight is 526 g/mol. The van der Waals surface area contributed by atoms with E-state index in [0.717, 1.165) is 32.2 Å². The van der Waals surface area contributed by atoms with Crippen LogP contribution in [0.15, 0.2) is 59.1 Å². The molecule has 2 N–H and O–H groups in total. The molecule has 34 heavy (non-hydrogen) atoms. The quantitative estimate of drug-likeness (QED) is 0.472. The summed E-state index contributed by atoms with van der Waals surface area (Å²) in [5.41, 5.74) is 1.75. The predicted octanol–water partition coefficient (Wildman–Crippen LogP) is 5.46. The van der Waals surface area contributed by atoms with Crippen LogP contribution >= 0.6 is 15.9 Å². The number of rotatable bonds is 4. The number of hydrogen-bond donors (Lipinski definition) is 2. The average Bonchev–Trinajstić information content (AvgIpc) is 2.90. The van der Waals surface area contributed by atoms with Crippen molar-refractivity contribution in [1.82, 2.24) is 5.32 Å². The van der Waals surface area contributed by atoms with Crippen molar-refractivity contribution in [3.8, 4) is 5.75 Å². The Kier molecular flexibility index (Phi) is 6.70. The normalized spacial score (nSPS) is 15.9. The van der Waals surface area contributed by atoms with Crippen LogP contribution in [0, 0.1) is 0 Å². The fourth-order valence-corrected chi connectivity index (χ4v) is 4.56. The predicted molar refractivity (Wildman–Crippen MR) is 137 cm³/mol. The summed E-state index contributed by atoms with van der Waals surface area (Å²) < 4.78 is 12.0. The van der Waals surface area contributed by atoms with E-state index in [9.17, 15) is 9.59 Å². The van der Waals surface area contributed by atoms with E-state index in [-0.39, 0.29) is 19.0 Å². The number of nitrogens with one attached hydrogen (secondary N) is 2. The maximum absolute atomic E-state index is 13.8. The van der Waals surface area contributed by atoms with Crippen molar-refractivity contribution < 1.29 is 19.1 Å². The first-order valence-electron chi connectivity index (χ1n) is 11.1. The Balaban J connectivity index is 1.75. The van der Waals surface area contributed by atoms with Gasteiger partial charge in [0.15, 0.2) is 0 Å². The number of amides is 2. The number of methoxy groups -OCH3 is 1. The van der Waals surface area contributed by atoms with Crippen LogP contribution in [0.25, 0.3) is 10.8 Å². The van der Waals surface area contributed by atoms with E-state index in [1.807, 2.05) is 54.6 Å². The molecule has 8 heteroatoms. The molecule has 1 aliphatic rings. The van der Waals surface area contributed by atoms with Crippen LogP contribution in [-0.2, 0) is 16.1 Å². The highest BCUT2D eigenvalue weighted by Crippen LogP contribution is 2.36. The minimum Gasteiger partial charge on any atom is -0.496 e. The van der Waals surface area contributed by atoms with Crippen molar-refractivity contribution in [2.45, 2.75) is 39.0 Å². The maximum atomic E-state index is 13.8. The van der Waals surface area contributed by atoms with Crippen LogP contribution < -0.4 is 20.3 Å². The third-order valence-corrected chi connectivity index (χ3v) is 6.25. The number of alkyl carbamates (subject to hydrolysis) is 1. The molecular weight excluding hydrogens is 498 g/mol. The van der Waals surface area contributed by atoms with Gasteiger partial charge < -0.3 is 25.0 Å². The molecule has 0 bridgehead atoms. The largest absolute Gasteiger partial charge is 0.496 e. The smallest absolute Gasteiger partial charge is 0.408 e. The SMILES string of the molecule is COc1ccc2c(Br)cccc2c1CN1C(=O)C(NC(=O)OC(C)(C)C)CNc2ccccc21. The summed E-state index contributed by atoms with van der Waals surface area (Å²) >= 11 is 3.62. The van der Waals surface area contributed by atoms with Gasteiger partial charge in [0.05, 0.1) is 25.0 Å². The number of carbonyl (C=O) groups is 2. The zero-order valence-electron chi connectivity index (χ0n) is 19.6. The van der Waals surface area contributed by atoms with E-state index in [4.69, 9.17) is 9.47 Å². The molecule has 0 spiro atoms. The van der Waals surface area contributed by atoms with Crippen LogP contribution in [-0.4, -0.2) is 37.3 Å². The Hall–Kier alpha value is -3.26. The molecule has 0 radical (unpaired) electrons. The van der Waals surface area contributed by atoms with Crippen molar-refractivity contribution in [3.63, 3.8) is 0 Å². The van der Waals surface area contributed by atoms with Crippen molar-refractivity contribution in [1.29, 1.82) is 0 Å². The molecule has 0 saturated carbocycles. The van der Waals surface area contributed by atoms with E-state index in [1.54, 1.807) is 32.8 Å². The Labute approximate surface area is 207 Å². The molecule has 2 amide bonds. The fourth-order valence-electron chi connectivity index (χ4n) is 4.06. The van der Waals surface area contributed by atoms with Gasteiger partial charge in [0.25, 0.3) is 5.91 Å². The Morgan fingerprint density at radius 3 is 2.62 bits per heavy atom. The van der Waals surface area contributed by atoms with Crippen molar-refractivity contribution in [3.05, 3.63) is 64.6 Å². The number of para-hydroxylation sites is 2. The molecule has 1 heterocycles. The van der Waals surface area contributed by atoms with Gasteiger partial charge in [-0.05, 0) is 61.9 Å². The number of nitrogens with zero attached hydrogens (tertiary/aromatic N) is 1. The number of fused-ring (bicyclic) bond motifs is 2.